The molecule has 28 heavy (non-hydrogen) atoms. The van der Waals surface area contributed by atoms with Crippen molar-refractivity contribution in [3.05, 3.63) is 71.8 Å². The second kappa shape index (κ2) is 9.16. The Labute approximate surface area is 167 Å². The van der Waals surface area contributed by atoms with Crippen molar-refractivity contribution in [2.24, 2.45) is 0 Å². The normalized spacial score (nSPS) is 22.6. The van der Waals surface area contributed by atoms with E-state index in [2.05, 4.69) is 29.3 Å². The van der Waals surface area contributed by atoms with Crippen LogP contribution in [0.4, 0.5) is 0 Å². The number of carbonyl (C=O) groups excluding carboxylic acids is 2. The van der Waals surface area contributed by atoms with Gasteiger partial charge in [0.1, 0.15) is 0 Å². The molecule has 1 fully saturated rings. The Bertz CT molecular complexity index is 791. The van der Waals surface area contributed by atoms with Crippen molar-refractivity contribution in [1.29, 1.82) is 0 Å². The largest absolute Gasteiger partial charge is 0.347 e. The van der Waals surface area contributed by atoms with E-state index in [9.17, 15) is 9.59 Å². The first-order valence-corrected chi connectivity index (χ1v) is 10.2. The summed E-state index contributed by atoms with van der Waals surface area (Å²) in [6.07, 6.45) is 3.19. The van der Waals surface area contributed by atoms with Crippen LogP contribution >= 0.6 is 0 Å². The highest BCUT2D eigenvalue weighted by Gasteiger charge is 2.39. The number of amides is 1. The molecule has 1 N–H and O–H groups in total. The van der Waals surface area contributed by atoms with Crippen LogP contribution in [0.3, 0.4) is 0 Å². The van der Waals surface area contributed by atoms with Crippen molar-refractivity contribution in [2.75, 3.05) is 13.1 Å². The highest BCUT2D eigenvalue weighted by Crippen LogP contribution is 2.36. The van der Waals surface area contributed by atoms with Crippen LogP contribution in [0.2, 0.25) is 0 Å². The second-order valence-electron chi connectivity index (χ2n) is 7.86. The molecule has 4 heteroatoms. The Hall–Kier alpha value is -2.46. The number of rotatable bonds is 7. The van der Waals surface area contributed by atoms with Crippen molar-refractivity contribution in [3.63, 3.8) is 0 Å². The lowest BCUT2D eigenvalue weighted by molar-refractivity contribution is -0.122. The van der Waals surface area contributed by atoms with Crippen LogP contribution < -0.4 is 5.32 Å². The number of nitrogens with zero attached hydrogens (tertiary/aromatic N) is 1. The summed E-state index contributed by atoms with van der Waals surface area (Å²) in [4.78, 5) is 26.7. The van der Waals surface area contributed by atoms with Gasteiger partial charge in [0.15, 0.2) is 5.78 Å². The second-order valence-corrected chi connectivity index (χ2v) is 7.86. The van der Waals surface area contributed by atoms with E-state index in [1.54, 1.807) is 6.92 Å². The molecule has 1 saturated heterocycles. The monoisotopic (exact) mass is 378 g/mol. The van der Waals surface area contributed by atoms with Crippen LogP contribution in [-0.4, -0.2) is 35.7 Å². The summed E-state index contributed by atoms with van der Waals surface area (Å²) in [5.74, 6) is 0.222. The van der Waals surface area contributed by atoms with Gasteiger partial charge in [-0.1, -0.05) is 60.7 Å². The predicted molar refractivity (Wildman–Crippen MR) is 112 cm³/mol. The highest BCUT2D eigenvalue weighted by atomic mass is 16.1. The van der Waals surface area contributed by atoms with Crippen LogP contribution in [-0.2, 0) is 10.3 Å². The van der Waals surface area contributed by atoms with Crippen LogP contribution in [0.5, 0.6) is 0 Å². The summed E-state index contributed by atoms with van der Waals surface area (Å²) in [6, 6.07) is 20.1. The molecule has 1 amide bonds. The van der Waals surface area contributed by atoms with Crippen LogP contribution in [0.15, 0.2) is 60.7 Å². The number of Topliss-reactive ketones (excluding diaryl/α,β-unsaturated/α-hetero) is 1. The lowest BCUT2D eigenvalue weighted by Crippen LogP contribution is -2.55. The van der Waals surface area contributed by atoms with Gasteiger partial charge in [-0.15, -0.1) is 0 Å². The van der Waals surface area contributed by atoms with E-state index in [0.717, 1.165) is 37.9 Å². The van der Waals surface area contributed by atoms with Crippen LogP contribution in [0.25, 0.3) is 0 Å². The number of likely N-dealkylation sites (tertiary alicyclic amines) is 1. The number of benzene rings is 2. The van der Waals surface area contributed by atoms with E-state index in [1.165, 1.54) is 5.56 Å². The minimum absolute atomic E-state index is 0.0120. The number of piperidine rings is 1. The van der Waals surface area contributed by atoms with Gasteiger partial charge in [-0.2, -0.15) is 0 Å². The van der Waals surface area contributed by atoms with Gasteiger partial charge in [-0.25, -0.2) is 0 Å². The molecule has 0 bridgehead atoms. The van der Waals surface area contributed by atoms with Crippen molar-refractivity contribution >= 4 is 11.7 Å². The maximum Gasteiger partial charge on any atom is 0.217 e. The molecule has 3 rings (SSSR count). The van der Waals surface area contributed by atoms with Gasteiger partial charge >= 0.3 is 0 Å². The van der Waals surface area contributed by atoms with Gasteiger partial charge in [0.25, 0.3) is 0 Å². The molecule has 0 aliphatic carbocycles. The van der Waals surface area contributed by atoms with Crippen molar-refractivity contribution in [1.82, 2.24) is 10.2 Å². The molecular weight excluding hydrogens is 348 g/mol. The van der Waals surface area contributed by atoms with Crippen LogP contribution in [0, 0.1) is 0 Å². The van der Waals surface area contributed by atoms with Gasteiger partial charge in [-0.05, 0) is 38.3 Å². The number of carbonyl (C=O) groups is 2. The number of hydrogen-bond acceptors (Lipinski definition) is 3. The van der Waals surface area contributed by atoms with Crippen LogP contribution in [0.1, 0.15) is 55.5 Å². The van der Waals surface area contributed by atoms with E-state index < -0.39 is 0 Å². The van der Waals surface area contributed by atoms with E-state index >= 15 is 0 Å². The number of nitrogens with one attached hydrogen (secondary N) is 1. The smallest absolute Gasteiger partial charge is 0.217 e. The Morgan fingerprint density at radius 3 is 2.32 bits per heavy atom. The topological polar surface area (TPSA) is 49.4 Å². The van der Waals surface area contributed by atoms with Gasteiger partial charge in [0, 0.05) is 31.5 Å². The quantitative estimate of drug-likeness (QED) is 0.736. The van der Waals surface area contributed by atoms with Gasteiger partial charge in [0.05, 0.1) is 5.54 Å². The summed E-state index contributed by atoms with van der Waals surface area (Å²) in [7, 11) is 0. The Kier molecular flexibility index (Phi) is 6.63. The fraction of sp³-hybridized carbons (Fsp3) is 0.417. The molecule has 2 aromatic rings. The molecule has 2 unspecified atom stereocenters. The van der Waals surface area contributed by atoms with Crippen molar-refractivity contribution in [3.8, 4) is 0 Å². The molecule has 1 aliphatic heterocycles. The summed E-state index contributed by atoms with van der Waals surface area (Å²) in [5, 5.41) is 3.24. The third kappa shape index (κ3) is 4.87. The lowest BCUT2D eigenvalue weighted by Gasteiger charge is -2.46. The molecule has 2 aromatic carbocycles. The molecule has 1 aliphatic rings. The third-order valence-electron chi connectivity index (χ3n) is 5.78. The predicted octanol–water partition coefficient (Wildman–Crippen LogP) is 4.17. The minimum atomic E-state index is -0.303. The molecule has 148 valence electrons. The first-order chi connectivity index (χ1) is 13.5. The first-order valence-electron chi connectivity index (χ1n) is 10.2. The third-order valence-corrected chi connectivity index (χ3v) is 5.78. The molecule has 4 nitrogen and oxygen atoms in total. The minimum Gasteiger partial charge on any atom is -0.347 e. The number of ketones is 1. The molecular formula is C24H30N2O2. The maximum atomic E-state index is 12.3. The van der Waals surface area contributed by atoms with E-state index in [1.807, 2.05) is 48.5 Å². The van der Waals surface area contributed by atoms with E-state index in [4.69, 9.17) is 0 Å². The van der Waals surface area contributed by atoms with Crippen molar-refractivity contribution in [2.45, 2.75) is 51.1 Å². The SMILES string of the molecule is CC(=O)NC1(c2ccccc2)CCN(CCCC(=O)c2ccccc2)C(C)C1. The standard InChI is InChI=1S/C24H30N2O2/c1-19-18-24(25-20(2)27,22-12-7-4-8-13-22)15-17-26(19)16-9-14-23(28)21-10-5-3-6-11-21/h3-8,10-13,19H,9,14-18H2,1-2H3,(H,25,27). The lowest BCUT2D eigenvalue weighted by atomic mass is 9.77. The summed E-state index contributed by atoms with van der Waals surface area (Å²) in [5.41, 5.74) is 1.67. The maximum absolute atomic E-state index is 12.3. The molecule has 0 radical (unpaired) electrons. The molecule has 2 atom stereocenters. The van der Waals surface area contributed by atoms with E-state index in [-0.39, 0.29) is 17.2 Å². The molecule has 0 saturated carbocycles. The highest BCUT2D eigenvalue weighted by molar-refractivity contribution is 5.95. The average Bonchev–Trinajstić information content (AvgIpc) is 2.70. The average molecular weight is 379 g/mol. The fourth-order valence-corrected chi connectivity index (χ4v) is 4.38. The summed E-state index contributed by atoms with van der Waals surface area (Å²) >= 11 is 0. The zero-order valence-corrected chi connectivity index (χ0v) is 16.9. The first kappa shape index (κ1) is 20.3. The zero-order chi connectivity index (χ0) is 20.0. The van der Waals surface area contributed by atoms with Crippen molar-refractivity contribution < 1.29 is 9.59 Å². The Morgan fingerprint density at radius 2 is 1.71 bits per heavy atom. The Balaban J connectivity index is 1.59. The molecule has 0 aromatic heterocycles. The zero-order valence-electron chi connectivity index (χ0n) is 16.9. The fourth-order valence-electron chi connectivity index (χ4n) is 4.38. The summed E-state index contributed by atoms with van der Waals surface area (Å²) in [6.45, 7) is 5.63. The Morgan fingerprint density at radius 1 is 1.07 bits per heavy atom. The number of hydrogen-bond donors (Lipinski definition) is 1. The van der Waals surface area contributed by atoms with Gasteiger partial charge < -0.3 is 10.2 Å². The van der Waals surface area contributed by atoms with Gasteiger partial charge in [-0.3, -0.25) is 9.59 Å². The molecule has 1 heterocycles. The molecule has 0 spiro atoms. The van der Waals surface area contributed by atoms with Gasteiger partial charge in [0.2, 0.25) is 5.91 Å². The van der Waals surface area contributed by atoms with E-state index in [0.29, 0.717) is 12.5 Å². The summed E-state index contributed by atoms with van der Waals surface area (Å²) < 4.78 is 0.